The van der Waals surface area contributed by atoms with E-state index >= 15 is 0 Å². The number of carbonyl (C=O) groups is 2. The fourth-order valence-electron chi connectivity index (χ4n) is 1.75. The van der Waals surface area contributed by atoms with Gasteiger partial charge in [-0.2, -0.15) is 5.10 Å². The molecule has 3 N–H and O–H groups in total. The summed E-state index contributed by atoms with van der Waals surface area (Å²) in [6, 6.07) is 9.46. The highest BCUT2D eigenvalue weighted by Gasteiger charge is 2.07. The highest BCUT2D eigenvalue weighted by Crippen LogP contribution is 2.06. The predicted octanol–water partition coefficient (Wildman–Crippen LogP) is -0.0890. The molecule has 7 heteroatoms. The lowest BCUT2D eigenvalue weighted by molar-refractivity contribution is 0.0948. The van der Waals surface area contributed by atoms with Crippen LogP contribution in [0.4, 0.5) is 0 Å². The number of nitrogens with zero attached hydrogens (tertiary/aromatic N) is 1. The molecular weight excluding hydrogens is 296 g/mol. The van der Waals surface area contributed by atoms with E-state index in [9.17, 15) is 14.4 Å². The lowest BCUT2D eigenvalue weighted by atomic mass is 10.1. The molecule has 2 amide bonds. The van der Waals surface area contributed by atoms with Crippen LogP contribution >= 0.6 is 0 Å². The fourth-order valence-corrected chi connectivity index (χ4v) is 1.75. The maximum Gasteiger partial charge on any atom is 0.272 e. The SMILES string of the molecule is CNC(=O)c1ccccc1C#CCNC(=O)c1ccc(=O)[nH]n1. The van der Waals surface area contributed by atoms with Crippen molar-refractivity contribution in [2.24, 2.45) is 0 Å². The van der Waals surface area contributed by atoms with Gasteiger partial charge in [0.05, 0.1) is 12.1 Å². The highest BCUT2D eigenvalue weighted by molar-refractivity contribution is 5.96. The van der Waals surface area contributed by atoms with Gasteiger partial charge >= 0.3 is 0 Å². The number of H-pyrrole nitrogens is 1. The van der Waals surface area contributed by atoms with E-state index in [0.29, 0.717) is 11.1 Å². The molecule has 0 radical (unpaired) electrons. The van der Waals surface area contributed by atoms with Crippen molar-refractivity contribution in [2.45, 2.75) is 0 Å². The van der Waals surface area contributed by atoms with Crippen molar-refractivity contribution in [1.29, 1.82) is 0 Å². The van der Waals surface area contributed by atoms with Gasteiger partial charge < -0.3 is 10.6 Å². The summed E-state index contributed by atoms with van der Waals surface area (Å²) >= 11 is 0. The molecule has 0 saturated heterocycles. The minimum Gasteiger partial charge on any atom is -0.355 e. The van der Waals surface area contributed by atoms with Crippen LogP contribution in [0.1, 0.15) is 26.4 Å². The van der Waals surface area contributed by atoms with Gasteiger partial charge in [0.1, 0.15) is 5.69 Å². The van der Waals surface area contributed by atoms with E-state index in [1.807, 2.05) is 0 Å². The van der Waals surface area contributed by atoms with Gasteiger partial charge in [0.15, 0.2) is 0 Å². The van der Waals surface area contributed by atoms with Crippen LogP contribution in [0.2, 0.25) is 0 Å². The lowest BCUT2D eigenvalue weighted by Crippen LogP contribution is -2.26. The average molecular weight is 310 g/mol. The molecule has 0 bridgehead atoms. The number of carbonyl (C=O) groups excluding carboxylic acids is 2. The summed E-state index contributed by atoms with van der Waals surface area (Å²) in [7, 11) is 1.55. The zero-order valence-electron chi connectivity index (χ0n) is 12.3. The van der Waals surface area contributed by atoms with Gasteiger partial charge in [0.2, 0.25) is 0 Å². The van der Waals surface area contributed by atoms with Crippen LogP contribution < -0.4 is 16.2 Å². The van der Waals surface area contributed by atoms with Crippen molar-refractivity contribution >= 4 is 11.8 Å². The van der Waals surface area contributed by atoms with Crippen LogP contribution in [0.3, 0.4) is 0 Å². The third-order valence-corrected chi connectivity index (χ3v) is 2.87. The summed E-state index contributed by atoms with van der Waals surface area (Å²) in [6.45, 7) is 0.0850. The van der Waals surface area contributed by atoms with Crippen molar-refractivity contribution in [2.75, 3.05) is 13.6 Å². The molecule has 0 aliphatic heterocycles. The van der Waals surface area contributed by atoms with Crippen molar-refractivity contribution in [3.8, 4) is 11.8 Å². The maximum atomic E-state index is 11.8. The molecule has 1 aromatic heterocycles. The maximum absolute atomic E-state index is 11.8. The molecule has 0 atom stereocenters. The molecule has 116 valence electrons. The Bertz CT molecular complexity index is 826. The molecule has 0 spiro atoms. The van der Waals surface area contributed by atoms with E-state index < -0.39 is 5.91 Å². The molecule has 0 saturated carbocycles. The molecule has 1 aromatic carbocycles. The highest BCUT2D eigenvalue weighted by atomic mass is 16.2. The average Bonchev–Trinajstić information content (AvgIpc) is 2.58. The minimum absolute atomic E-state index is 0.0850. The first-order chi connectivity index (χ1) is 11.1. The molecule has 0 fully saturated rings. The first-order valence-electron chi connectivity index (χ1n) is 6.75. The van der Waals surface area contributed by atoms with Crippen molar-refractivity contribution in [1.82, 2.24) is 20.8 Å². The van der Waals surface area contributed by atoms with E-state index in [1.54, 1.807) is 31.3 Å². The van der Waals surface area contributed by atoms with Crippen LogP contribution in [-0.2, 0) is 0 Å². The van der Waals surface area contributed by atoms with Gasteiger partial charge in [0, 0.05) is 18.7 Å². The Hall–Kier alpha value is -3.40. The quantitative estimate of drug-likeness (QED) is 0.689. The Balaban J connectivity index is 2.01. The molecular formula is C16H14N4O3. The molecule has 2 rings (SSSR count). The standard InChI is InChI=1S/C16H14N4O3/c1-17-15(22)12-7-3-2-5-11(12)6-4-10-18-16(23)13-8-9-14(21)20-19-13/h2-3,5,7-9H,10H2,1H3,(H,17,22)(H,18,23)(H,20,21). The number of amides is 2. The summed E-state index contributed by atoms with van der Waals surface area (Å²) < 4.78 is 0. The summed E-state index contributed by atoms with van der Waals surface area (Å²) in [4.78, 5) is 34.3. The van der Waals surface area contributed by atoms with Crippen LogP contribution in [-0.4, -0.2) is 35.6 Å². The molecule has 0 unspecified atom stereocenters. The second-order valence-corrected chi connectivity index (χ2v) is 4.42. The second-order valence-electron chi connectivity index (χ2n) is 4.42. The van der Waals surface area contributed by atoms with Gasteiger partial charge in [-0.3, -0.25) is 14.4 Å². The molecule has 23 heavy (non-hydrogen) atoms. The van der Waals surface area contributed by atoms with E-state index in [2.05, 4.69) is 32.7 Å². The Morgan fingerprint density at radius 1 is 1.17 bits per heavy atom. The van der Waals surface area contributed by atoms with Gasteiger partial charge in [-0.1, -0.05) is 24.0 Å². The summed E-state index contributed by atoms with van der Waals surface area (Å²) in [6.07, 6.45) is 0. The summed E-state index contributed by atoms with van der Waals surface area (Å²) in [5.74, 6) is 4.94. The van der Waals surface area contributed by atoms with Gasteiger partial charge in [-0.15, -0.1) is 0 Å². The Morgan fingerprint density at radius 2 is 1.96 bits per heavy atom. The second kappa shape index (κ2) is 7.56. The van der Waals surface area contributed by atoms with Crippen molar-refractivity contribution < 1.29 is 9.59 Å². The summed E-state index contributed by atoms with van der Waals surface area (Å²) in [5, 5.41) is 10.9. The largest absolute Gasteiger partial charge is 0.355 e. The van der Waals surface area contributed by atoms with Crippen LogP contribution in [0, 0.1) is 11.8 Å². The first-order valence-corrected chi connectivity index (χ1v) is 6.75. The number of hydrogen-bond acceptors (Lipinski definition) is 4. The van der Waals surface area contributed by atoms with E-state index in [1.165, 1.54) is 12.1 Å². The monoisotopic (exact) mass is 310 g/mol. The molecule has 0 aliphatic carbocycles. The van der Waals surface area contributed by atoms with Crippen LogP contribution in [0.5, 0.6) is 0 Å². The van der Waals surface area contributed by atoms with E-state index in [0.717, 1.165) is 0 Å². The van der Waals surface area contributed by atoms with Gasteiger partial charge in [-0.05, 0) is 18.2 Å². The van der Waals surface area contributed by atoms with Crippen molar-refractivity contribution in [3.63, 3.8) is 0 Å². The van der Waals surface area contributed by atoms with E-state index in [-0.39, 0.29) is 23.7 Å². The van der Waals surface area contributed by atoms with Gasteiger partial charge in [0.25, 0.3) is 17.4 Å². The fraction of sp³-hybridized carbons (Fsp3) is 0.125. The Morgan fingerprint density at radius 3 is 2.65 bits per heavy atom. The molecule has 2 aromatic rings. The Labute approximate surface area is 132 Å². The number of benzene rings is 1. The number of nitrogens with one attached hydrogen (secondary N) is 3. The molecule has 1 heterocycles. The van der Waals surface area contributed by atoms with Crippen LogP contribution in [0.15, 0.2) is 41.2 Å². The minimum atomic E-state index is -0.449. The number of hydrogen-bond donors (Lipinski definition) is 3. The number of rotatable bonds is 3. The van der Waals surface area contributed by atoms with Crippen LogP contribution in [0.25, 0.3) is 0 Å². The molecule has 7 nitrogen and oxygen atoms in total. The third kappa shape index (κ3) is 4.28. The number of aromatic nitrogens is 2. The van der Waals surface area contributed by atoms with E-state index in [4.69, 9.17) is 0 Å². The zero-order valence-corrected chi connectivity index (χ0v) is 12.3. The number of aromatic amines is 1. The third-order valence-electron chi connectivity index (χ3n) is 2.87. The predicted molar refractivity (Wildman–Crippen MR) is 83.9 cm³/mol. The van der Waals surface area contributed by atoms with Gasteiger partial charge in [-0.25, -0.2) is 5.10 Å². The normalized spacial score (nSPS) is 9.43. The summed E-state index contributed by atoms with van der Waals surface area (Å²) in [5.41, 5.74) is 0.753. The topological polar surface area (TPSA) is 104 Å². The molecule has 0 aliphatic rings. The Kier molecular flexibility index (Phi) is 5.25. The zero-order chi connectivity index (χ0) is 16.7. The van der Waals surface area contributed by atoms with Crippen molar-refractivity contribution in [3.05, 3.63) is 63.6 Å². The lowest BCUT2D eigenvalue weighted by Gasteiger charge is -2.02. The smallest absolute Gasteiger partial charge is 0.272 e. The first kappa shape index (κ1) is 16.0.